The van der Waals surface area contributed by atoms with E-state index in [0.717, 1.165) is 37.3 Å². The average Bonchev–Trinajstić information content (AvgIpc) is 2.68. The van der Waals surface area contributed by atoms with Crippen molar-refractivity contribution in [1.82, 2.24) is 15.2 Å². The minimum Gasteiger partial charge on any atom is -0.392 e. The Hall–Kier alpha value is -2.15. The highest BCUT2D eigenvalue weighted by molar-refractivity contribution is 5.84. The minimum atomic E-state index is -0.419. The molecule has 148 valence electrons. The van der Waals surface area contributed by atoms with Gasteiger partial charge in [0.1, 0.15) is 0 Å². The van der Waals surface area contributed by atoms with Crippen molar-refractivity contribution in [2.24, 2.45) is 5.41 Å². The molecule has 3 heterocycles. The van der Waals surface area contributed by atoms with Gasteiger partial charge in [-0.15, -0.1) is 0 Å². The van der Waals surface area contributed by atoms with E-state index in [1.807, 2.05) is 24.1 Å². The Morgan fingerprint density at radius 3 is 2.93 bits per heavy atom. The van der Waals surface area contributed by atoms with Crippen LogP contribution in [0.4, 0.5) is 5.69 Å². The third-order valence-corrected chi connectivity index (χ3v) is 5.85. The zero-order chi connectivity index (χ0) is 19.4. The van der Waals surface area contributed by atoms with Gasteiger partial charge in [-0.05, 0) is 38.3 Å². The highest BCUT2D eigenvalue weighted by atomic mass is 16.3. The number of rotatable bonds is 4. The van der Waals surface area contributed by atoms with Crippen LogP contribution < -0.4 is 10.2 Å². The first-order chi connectivity index (χ1) is 12.9. The number of hydrogen-bond donors (Lipinski definition) is 2. The third-order valence-electron chi connectivity index (χ3n) is 5.85. The summed E-state index contributed by atoms with van der Waals surface area (Å²) in [5.41, 5.74) is 1.77. The zero-order valence-corrected chi connectivity index (χ0v) is 16.3. The number of likely N-dealkylation sites (tertiary alicyclic amines) is 1. The first-order valence-corrected chi connectivity index (χ1v) is 9.84. The molecule has 1 aromatic heterocycles. The van der Waals surface area contributed by atoms with Gasteiger partial charge < -0.3 is 20.2 Å². The highest BCUT2D eigenvalue weighted by Crippen LogP contribution is 2.40. The normalized spacial score (nSPS) is 25.5. The van der Waals surface area contributed by atoms with E-state index in [9.17, 15) is 14.7 Å². The molecular weight excluding hydrogens is 344 g/mol. The molecule has 2 amide bonds. The van der Waals surface area contributed by atoms with Crippen molar-refractivity contribution < 1.29 is 14.7 Å². The lowest BCUT2D eigenvalue weighted by molar-refractivity contribution is -0.138. The monoisotopic (exact) mass is 374 g/mol. The Morgan fingerprint density at radius 2 is 2.19 bits per heavy atom. The number of aliphatic hydroxyl groups excluding tert-OH is 1. The van der Waals surface area contributed by atoms with Crippen molar-refractivity contribution in [2.75, 3.05) is 37.6 Å². The first kappa shape index (κ1) is 19.6. The SMILES string of the molecule is CCC(=O)NCC(=O)N1CCC[C@]2(C1)CN(c1ccnc(C)c1)CC[C@H]2O. The van der Waals surface area contributed by atoms with Crippen LogP contribution in [-0.4, -0.2) is 65.6 Å². The van der Waals surface area contributed by atoms with Gasteiger partial charge in [0, 0.05) is 55.6 Å². The molecular formula is C20H30N4O3. The summed E-state index contributed by atoms with van der Waals surface area (Å²) < 4.78 is 0. The van der Waals surface area contributed by atoms with Gasteiger partial charge in [0.05, 0.1) is 12.6 Å². The summed E-state index contributed by atoms with van der Waals surface area (Å²) in [6, 6.07) is 4.07. The molecule has 0 bridgehead atoms. The molecule has 2 aliphatic heterocycles. The maximum absolute atomic E-state index is 12.6. The standard InChI is InChI=1S/C20H30N4O3/c1-3-18(26)22-12-19(27)24-9-4-7-20(14-24)13-23(10-6-17(20)25)16-5-8-21-15(2)11-16/h5,8,11,17,25H,3-4,6-7,9-10,12-14H2,1-2H3,(H,22,26)/t17-,20-/m1/s1. The molecule has 7 nitrogen and oxygen atoms in total. The topological polar surface area (TPSA) is 85.8 Å². The molecule has 2 aliphatic rings. The fraction of sp³-hybridized carbons (Fsp3) is 0.650. The Bertz CT molecular complexity index is 696. The number of pyridine rings is 1. The summed E-state index contributed by atoms with van der Waals surface area (Å²) >= 11 is 0. The quantitative estimate of drug-likeness (QED) is 0.824. The fourth-order valence-corrected chi connectivity index (χ4v) is 4.28. The van der Waals surface area contributed by atoms with E-state index in [1.54, 1.807) is 6.92 Å². The number of carbonyl (C=O) groups excluding carboxylic acids is 2. The second kappa shape index (κ2) is 8.25. The summed E-state index contributed by atoms with van der Waals surface area (Å²) in [7, 11) is 0. The summed E-state index contributed by atoms with van der Waals surface area (Å²) in [6.45, 7) is 6.52. The van der Waals surface area contributed by atoms with Crippen molar-refractivity contribution in [1.29, 1.82) is 0 Å². The average molecular weight is 374 g/mol. The summed E-state index contributed by atoms with van der Waals surface area (Å²) in [6.07, 6.45) is 4.23. The number of amides is 2. The fourth-order valence-electron chi connectivity index (χ4n) is 4.28. The summed E-state index contributed by atoms with van der Waals surface area (Å²) in [4.78, 5) is 32.4. The lowest BCUT2D eigenvalue weighted by atomic mass is 9.71. The number of piperidine rings is 2. The Morgan fingerprint density at radius 1 is 1.37 bits per heavy atom. The van der Waals surface area contributed by atoms with Crippen LogP contribution >= 0.6 is 0 Å². The number of nitrogens with zero attached hydrogens (tertiary/aromatic N) is 3. The van der Waals surface area contributed by atoms with E-state index in [1.165, 1.54) is 0 Å². The molecule has 2 atom stereocenters. The molecule has 3 rings (SSSR count). The van der Waals surface area contributed by atoms with Crippen molar-refractivity contribution in [2.45, 2.75) is 45.6 Å². The van der Waals surface area contributed by atoms with Crippen molar-refractivity contribution in [3.8, 4) is 0 Å². The molecule has 2 N–H and O–H groups in total. The van der Waals surface area contributed by atoms with E-state index in [0.29, 0.717) is 25.9 Å². The van der Waals surface area contributed by atoms with Gasteiger partial charge in [-0.3, -0.25) is 14.6 Å². The Kier molecular flexibility index (Phi) is 5.99. The molecule has 27 heavy (non-hydrogen) atoms. The van der Waals surface area contributed by atoms with E-state index >= 15 is 0 Å². The molecule has 2 fully saturated rings. The van der Waals surface area contributed by atoms with Crippen LogP contribution in [0.2, 0.25) is 0 Å². The van der Waals surface area contributed by atoms with Gasteiger partial charge in [-0.1, -0.05) is 6.92 Å². The van der Waals surface area contributed by atoms with E-state index in [2.05, 4.69) is 21.3 Å². The third kappa shape index (κ3) is 4.40. The van der Waals surface area contributed by atoms with Crippen molar-refractivity contribution in [3.05, 3.63) is 24.0 Å². The molecule has 0 saturated carbocycles. The minimum absolute atomic E-state index is 0.0338. The lowest BCUT2D eigenvalue weighted by Crippen LogP contribution is -2.60. The zero-order valence-electron chi connectivity index (χ0n) is 16.3. The molecule has 1 aromatic rings. The van der Waals surface area contributed by atoms with Crippen LogP contribution in [0.25, 0.3) is 0 Å². The molecule has 7 heteroatoms. The summed E-state index contributed by atoms with van der Waals surface area (Å²) in [5.74, 6) is -0.188. The van der Waals surface area contributed by atoms with E-state index in [4.69, 9.17) is 0 Å². The molecule has 0 aliphatic carbocycles. The number of aromatic nitrogens is 1. The lowest BCUT2D eigenvalue weighted by Gasteiger charge is -2.51. The molecule has 0 aromatic carbocycles. The van der Waals surface area contributed by atoms with Crippen LogP contribution in [-0.2, 0) is 9.59 Å². The van der Waals surface area contributed by atoms with Crippen LogP contribution in [0.5, 0.6) is 0 Å². The van der Waals surface area contributed by atoms with Gasteiger partial charge in [-0.25, -0.2) is 0 Å². The number of carbonyl (C=O) groups is 2. The second-order valence-electron chi connectivity index (χ2n) is 7.79. The smallest absolute Gasteiger partial charge is 0.241 e. The number of nitrogens with one attached hydrogen (secondary N) is 1. The number of aryl methyl sites for hydroxylation is 1. The number of aliphatic hydroxyl groups is 1. The Balaban J connectivity index is 1.70. The van der Waals surface area contributed by atoms with Gasteiger partial charge in [0.2, 0.25) is 11.8 Å². The highest BCUT2D eigenvalue weighted by Gasteiger charge is 2.46. The largest absolute Gasteiger partial charge is 0.392 e. The van der Waals surface area contributed by atoms with Crippen molar-refractivity contribution >= 4 is 17.5 Å². The molecule has 1 spiro atoms. The van der Waals surface area contributed by atoms with Crippen LogP contribution in [0.15, 0.2) is 18.3 Å². The molecule has 0 unspecified atom stereocenters. The number of hydrogen-bond acceptors (Lipinski definition) is 5. The predicted octanol–water partition coefficient (Wildman–Crippen LogP) is 1.10. The van der Waals surface area contributed by atoms with E-state index in [-0.39, 0.29) is 23.8 Å². The van der Waals surface area contributed by atoms with Crippen molar-refractivity contribution in [3.63, 3.8) is 0 Å². The van der Waals surface area contributed by atoms with Gasteiger partial charge in [0.25, 0.3) is 0 Å². The van der Waals surface area contributed by atoms with Gasteiger partial charge in [-0.2, -0.15) is 0 Å². The van der Waals surface area contributed by atoms with Crippen LogP contribution in [0.3, 0.4) is 0 Å². The molecule has 2 saturated heterocycles. The van der Waals surface area contributed by atoms with Gasteiger partial charge in [0.15, 0.2) is 0 Å². The predicted molar refractivity (Wildman–Crippen MR) is 103 cm³/mol. The maximum atomic E-state index is 12.6. The van der Waals surface area contributed by atoms with Crippen LogP contribution in [0, 0.1) is 12.3 Å². The first-order valence-electron chi connectivity index (χ1n) is 9.84. The van der Waals surface area contributed by atoms with Crippen LogP contribution in [0.1, 0.15) is 38.3 Å². The number of anilines is 1. The second-order valence-corrected chi connectivity index (χ2v) is 7.79. The van der Waals surface area contributed by atoms with Gasteiger partial charge >= 0.3 is 0 Å². The van der Waals surface area contributed by atoms with E-state index < -0.39 is 6.10 Å². The molecule has 0 radical (unpaired) electrons. The summed E-state index contributed by atoms with van der Waals surface area (Å²) in [5, 5.41) is 13.5. The maximum Gasteiger partial charge on any atom is 0.241 e. The Labute approximate surface area is 160 Å².